The number of aromatic carboxylic acids is 1. The average molecular weight is 290 g/mol. The van der Waals surface area contributed by atoms with Gasteiger partial charge in [-0.2, -0.15) is 0 Å². The fraction of sp³-hybridized carbons (Fsp3) is 0.588. The molecule has 0 amide bonds. The van der Waals surface area contributed by atoms with E-state index < -0.39 is 5.97 Å². The molecule has 0 spiro atoms. The lowest BCUT2D eigenvalue weighted by molar-refractivity contribution is 0.0698. The van der Waals surface area contributed by atoms with Crippen LogP contribution in [0, 0.1) is 11.3 Å². The smallest absolute Gasteiger partial charge is 0.337 e. The molecule has 4 nitrogen and oxygen atoms in total. The molecule has 0 aromatic heterocycles. The van der Waals surface area contributed by atoms with Gasteiger partial charge in [-0.1, -0.05) is 26.7 Å². The Labute approximate surface area is 126 Å². The largest absolute Gasteiger partial charge is 0.478 e. The molecule has 21 heavy (non-hydrogen) atoms. The van der Waals surface area contributed by atoms with Crippen molar-refractivity contribution < 1.29 is 9.90 Å². The van der Waals surface area contributed by atoms with E-state index in [9.17, 15) is 9.90 Å². The highest BCUT2D eigenvalue weighted by atomic mass is 16.4. The van der Waals surface area contributed by atoms with Crippen LogP contribution in [0.3, 0.4) is 0 Å². The molecule has 116 valence electrons. The summed E-state index contributed by atoms with van der Waals surface area (Å²) >= 11 is 0. The van der Waals surface area contributed by atoms with Gasteiger partial charge in [0.2, 0.25) is 0 Å². The summed E-state index contributed by atoms with van der Waals surface area (Å²) in [6.45, 7) is 5.35. The van der Waals surface area contributed by atoms with Crippen LogP contribution >= 0.6 is 0 Å². The topological polar surface area (TPSA) is 75.3 Å². The molecule has 2 rings (SSSR count). The third-order valence-electron chi connectivity index (χ3n) is 4.43. The number of hydrogen-bond donors (Lipinski definition) is 3. The number of nitrogen functional groups attached to an aromatic ring is 1. The van der Waals surface area contributed by atoms with Gasteiger partial charge in [-0.3, -0.25) is 0 Å². The van der Waals surface area contributed by atoms with Crippen molar-refractivity contribution in [2.75, 3.05) is 17.6 Å². The summed E-state index contributed by atoms with van der Waals surface area (Å²) in [6.07, 6.45) is 6.21. The third kappa shape index (κ3) is 3.90. The maximum atomic E-state index is 11.3. The highest BCUT2D eigenvalue weighted by Gasteiger charge is 2.34. The van der Waals surface area contributed by atoms with Gasteiger partial charge >= 0.3 is 5.97 Å². The van der Waals surface area contributed by atoms with Gasteiger partial charge in [-0.05, 0) is 48.8 Å². The van der Waals surface area contributed by atoms with Crippen LogP contribution in [0.2, 0.25) is 0 Å². The molecular weight excluding hydrogens is 264 g/mol. The van der Waals surface area contributed by atoms with Crippen LogP contribution in [0.15, 0.2) is 18.2 Å². The number of nitrogens with one attached hydrogen (secondary N) is 1. The Bertz CT molecular complexity index is 506. The van der Waals surface area contributed by atoms with E-state index in [-0.39, 0.29) is 5.56 Å². The van der Waals surface area contributed by atoms with Crippen molar-refractivity contribution in [3.05, 3.63) is 23.8 Å². The summed E-state index contributed by atoms with van der Waals surface area (Å²) in [4.78, 5) is 11.3. The highest BCUT2D eigenvalue weighted by Crippen LogP contribution is 2.43. The van der Waals surface area contributed by atoms with Crippen molar-refractivity contribution in [3.63, 3.8) is 0 Å². The van der Waals surface area contributed by atoms with E-state index in [2.05, 4.69) is 19.2 Å². The number of benzene rings is 1. The van der Waals surface area contributed by atoms with Gasteiger partial charge in [-0.15, -0.1) is 0 Å². The third-order valence-corrected chi connectivity index (χ3v) is 4.43. The molecule has 0 radical (unpaired) electrons. The van der Waals surface area contributed by atoms with Crippen LogP contribution < -0.4 is 11.1 Å². The molecule has 4 N–H and O–H groups in total. The zero-order valence-electron chi connectivity index (χ0n) is 13.0. The Kier molecular flexibility index (Phi) is 4.76. The molecule has 0 saturated heterocycles. The Morgan fingerprint density at radius 3 is 2.62 bits per heavy atom. The van der Waals surface area contributed by atoms with Gasteiger partial charge < -0.3 is 16.2 Å². The monoisotopic (exact) mass is 290 g/mol. The lowest BCUT2D eigenvalue weighted by Gasteiger charge is -2.32. The number of carbonyl (C=O) groups is 1. The van der Waals surface area contributed by atoms with Crippen LogP contribution in [0.25, 0.3) is 0 Å². The highest BCUT2D eigenvalue weighted by molar-refractivity contribution is 5.95. The first-order valence-electron chi connectivity index (χ1n) is 7.79. The second-order valence-corrected chi connectivity index (χ2v) is 6.77. The van der Waals surface area contributed by atoms with Crippen molar-refractivity contribution in [3.8, 4) is 0 Å². The van der Waals surface area contributed by atoms with E-state index in [0.29, 0.717) is 22.7 Å². The number of anilines is 2. The molecule has 0 bridgehead atoms. The van der Waals surface area contributed by atoms with Crippen molar-refractivity contribution in [1.29, 1.82) is 0 Å². The number of nitrogens with two attached hydrogens (primary N) is 1. The molecule has 1 saturated carbocycles. The van der Waals surface area contributed by atoms with Gasteiger partial charge in [0.05, 0.1) is 5.56 Å². The van der Waals surface area contributed by atoms with Crippen LogP contribution in [0.1, 0.15) is 56.3 Å². The molecule has 1 aliphatic rings. The molecular formula is C17H26N2O2. The second-order valence-electron chi connectivity index (χ2n) is 6.77. The Balaban J connectivity index is 2.12. The van der Waals surface area contributed by atoms with E-state index in [1.165, 1.54) is 38.2 Å². The van der Waals surface area contributed by atoms with E-state index >= 15 is 0 Å². The van der Waals surface area contributed by atoms with Gasteiger partial charge in [0, 0.05) is 17.9 Å². The quantitative estimate of drug-likeness (QED) is 0.693. The molecule has 1 aromatic rings. The van der Waals surface area contributed by atoms with Crippen molar-refractivity contribution in [2.24, 2.45) is 11.3 Å². The van der Waals surface area contributed by atoms with E-state index in [1.807, 2.05) is 0 Å². The maximum Gasteiger partial charge on any atom is 0.337 e. The summed E-state index contributed by atoms with van der Waals surface area (Å²) in [6, 6.07) is 5.05. The Morgan fingerprint density at radius 1 is 1.38 bits per heavy atom. The fourth-order valence-electron chi connectivity index (χ4n) is 3.62. The van der Waals surface area contributed by atoms with Crippen molar-refractivity contribution in [1.82, 2.24) is 0 Å². The first-order valence-corrected chi connectivity index (χ1v) is 7.79. The molecule has 0 heterocycles. The van der Waals surface area contributed by atoms with Crippen molar-refractivity contribution >= 4 is 17.3 Å². The van der Waals surface area contributed by atoms with E-state index in [0.717, 1.165) is 6.54 Å². The summed E-state index contributed by atoms with van der Waals surface area (Å²) in [5, 5.41) is 12.7. The normalized spacial score (nSPS) is 17.1. The summed E-state index contributed by atoms with van der Waals surface area (Å²) in [7, 11) is 0. The lowest BCUT2D eigenvalue weighted by Crippen LogP contribution is -2.29. The fourth-order valence-corrected chi connectivity index (χ4v) is 3.62. The molecule has 4 heteroatoms. The van der Waals surface area contributed by atoms with Crippen LogP contribution in [0.4, 0.5) is 11.4 Å². The summed E-state index contributed by atoms with van der Waals surface area (Å²) < 4.78 is 0. The van der Waals surface area contributed by atoms with Gasteiger partial charge in [0.25, 0.3) is 0 Å². The Morgan fingerprint density at radius 2 is 2.05 bits per heavy atom. The van der Waals surface area contributed by atoms with Gasteiger partial charge in [-0.25, -0.2) is 4.79 Å². The van der Waals surface area contributed by atoms with E-state index in [4.69, 9.17) is 5.73 Å². The minimum Gasteiger partial charge on any atom is -0.478 e. The summed E-state index contributed by atoms with van der Waals surface area (Å²) in [5.74, 6) is -0.274. The standard InChI is InChI=1S/C17H26N2O2/c1-12(2)10-17(7-3-4-8-17)11-19-15-6-5-13(18)9-14(15)16(20)21/h5-6,9,12,19H,3-4,7-8,10-11,18H2,1-2H3,(H,20,21). The maximum absolute atomic E-state index is 11.3. The number of carboxylic acids is 1. The minimum absolute atomic E-state index is 0.257. The predicted octanol–water partition coefficient (Wildman–Crippen LogP) is 3.99. The van der Waals surface area contributed by atoms with Gasteiger partial charge in [0.1, 0.15) is 0 Å². The zero-order chi connectivity index (χ0) is 15.5. The molecule has 1 fully saturated rings. The second kappa shape index (κ2) is 6.37. The first-order chi connectivity index (χ1) is 9.92. The number of hydrogen-bond acceptors (Lipinski definition) is 3. The Hall–Kier alpha value is -1.71. The predicted molar refractivity (Wildman–Crippen MR) is 86.7 cm³/mol. The van der Waals surface area contributed by atoms with Gasteiger partial charge in [0.15, 0.2) is 0 Å². The molecule has 0 unspecified atom stereocenters. The molecule has 0 aliphatic heterocycles. The SMILES string of the molecule is CC(C)CC1(CNc2ccc(N)cc2C(=O)O)CCCC1. The van der Waals surface area contributed by atoms with Crippen LogP contribution in [0.5, 0.6) is 0 Å². The zero-order valence-corrected chi connectivity index (χ0v) is 13.0. The molecule has 1 aliphatic carbocycles. The molecule has 1 aromatic carbocycles. The van der Waals surface area contributed by atoms with Crippen molar-refractivity contribution in [2.45, 2.75) is 46.0 Å². The van der Waals surface area contributed by atoms with Crippen LogP contribution in [-0.4, -0.2) is 17.6 Å². The lowest BCUT2D eigenvalue weighted by atomic mass is 9.78. The number of carboxylic acid groups (broad SMARTS) is 1. The average Bonchev–Trinajstić information content (AvgIpc) is 2.85. The minimum atomic E-state index is -0.936. The molecule has 0 atom stereocenters. The number of rotatable bonds is 6. The summed E-state index contributed by atoms with van der Waals surface area (Å²) in [5.41, 5.74) is 7.41. The van der Waals surface area contributed by atoms with E-state index in [1.54, 1.807) is 12.1 Å². The first kappa shape index (κ1) is 15.7. The van der Waals surface area contributed by atoms with Crippen LogP contribution in [-0.2, 0) is 0 Å².